The zero-order valence-electron chi connectivity index (χ0n) is 10.3. The van der Waals surface area contributed by atoms with Crippen LogP contribution < -0.4 is 16.6 Å². The molecule has 1 aromatic heterocycles. The predicted molar refractivity (Wildman–Crippen MR) is 68.0 cm³/mol. The second kappa shape index (κ2) is 6.12. The first-order chi connectivity index (χ1) is 8.49. The summed E-state index contributed by atoms with van der Waals surface area (Å²) in [5, 5.41) is 22.8. The highest BCUT2D eigenvalue weighted by atomic mass is 16.6. The summed E-state index contributed by atoms with van der Waals surface area (Å²) in [5.74, 6) is 5.61. The highest BCUT2D eigenvalue weighted by Gasteiger charge is 2.19. The van der Waals surface area contributed by atoms with E-state index in [1.807, 2.05) is 13.8 Å². The smallest absolute Gasteiger partial charge is 0.311 e. The summed E-state index contributed by atoms with van der Waals surface area (Å²) in [5.41, 5.74) is 2.19. The van der Waals surface area contributed by atoms with Gasteiger partial charge in [0.2, 0.25) is 5.82 Å². The number of aromatic nitrogens is 1. The minimum absolute atomic E-state index is 0.0171. The third-order valence-electron chi connectivity index (χ3n) is 2.72. The molecule has 2 atom stereocenters. The summed E-state index contributed by atoms with van der Waals surface area (Å²) in [6.45, 7) is 3.63. The average molecular weight is 255 g/mol. The Balaban J connectivity index is 3.00. The molecule has 5 N–H and O–H groups in total. The van der Waals surface area contributed by atoms with Gasteiger partial charge in [-0.05, 0) is 18.9 Å². The van der Waals surface area contributed by atoms with Crippen LogP contribution >= 0.6 is 0 Å². The summed E-state index contributed by atoms with van der Waals surface area (Å²) < 4.78 is 0. The number of nitro groups is 1. The van der Waals surface area contributed by atoms with Crippen LogP contribution in [0.3, 0.4) is 0 Å². The van der Waals surface area contributed by atoms with Gasteiger partial charge in [0, 0.05) is 18.7 Å². The molecule has 0 aliphatic carbocycles. The van der Waals surface area contributed by atoms with Crippen molar-refractivity contribution in [2.75, 3.05) is 17.3 Å². The van der Waals surface area contributed by atoms with E-state index >= 15 is 0 Å². The number of hydrogen-bond donors (Lipinski definition) is 4. The molecule has 18 heavy (non-hydrogen) atoms. The van der Waals surface area contributed by atoms with Crippen molar-refractivity contribution in [1.82, 2.24) is 4.98 Å². The highest BCUT2D eigenvalue weighted by Crippen LogP contribution is 2.25. The van der Waals surface area contributed by atoms with Crippen LogP contribution in [0.25, 0.3) is 0 Å². The molecule has 0 amide bonds. The number of nitrogens with one attached hydrogen (secondary N) is 2. The molecule has 1 heterocycles. The topological polar surface area (TPSA) is 126 Å². The molecule has 2 unspecified atom stereocenters. The second-order valence-corrected chi connectivity index (χ2v) is 4.06. The first-order valence-electron chi connectivity index (χ1n) is 5.49. The number of rotatable bonds is 6. The molecule has 1 rings (SSSR count). The summed E-state index contributed by atoms with van der Waals surface area (Å²) in [4.78, 5) is 14.3. The Labute approximate surface area is 104 Å². The molecule has 0 fully saturated rings. The fraction of sp³-hybridized carbons (Fsp3) is 0.500. The first kappa shape index (κ1) is 14.1. The summed E-state index contributed by atoms with van der Waals surface area (Å²) in [7, 11) is 0. The molecule has 8 heteroatoms. The van der Waals surface area contributed by atoms with Gasteiger partial charge in [-0.15, -0.1) is 0 Å². The van der Waals surface area contributed by atoms with E-state index in [9.17, 15) is 10.1 Å². The number of hydrazine groups is 1. The minimum atomic E-state index is -0.522. The highest BCUT2D eigenvalue weighted by molar-refractivity contribution is 5.60. The summed E-state index contributed by atoms with van der Waals surface area (Å²) in [6.07, 6.45) is 0. The van der Waals surface area contributed by atoms with Crippen molar-refractivity contribution < 1.29 is 10.0 Å². The first-order valence-corrected chi connectivity index (χ1v) is 5.49. The van der Waals surface area contributed by atoms with Gasteiger partial charge in [0.05, 0.1) is 4.92 Å². The van der Waals surface area contributed by atoms with Gasteiger partial charge in [0.1, 0.15) is 5.82 Å². The van der Waals surface area contributed by atoms with Crippen molar-refractivity contribution in [2.45, 2.75) is 19.9 Å². The van der Waals surface area contributed by atoms with Crippen molar-refractivity contribution in [3.05, 3.63) is 22.2 Å². The van der Waals surface area contributed by atoms with Crippen molar-refractivity contribution in [3.63, 3.8) is 0 Å². The SMILES string of the molecule is CC(CO)C(C)Nc1nc(NN)ccc1[N+](=O)[O-]. The van der Waals surface area contributed by atoms with Gasteiger partial charge >= 0.3 is 5.69 Å². The van der Waals surface area contributed by atoms with Crippen LogP contribution in [-0.4, -0.2) is 27.7 Å². The Morgan fingerprint density at radius 1 is 1.56 bits per heavy atom. The van der Waals surface area contributed by atoms with Crippen LogP contribution in [0.1, 0.15) is 13.8 Å². The Hall–Kier alpha value is -1.93. The van der Waals surface area contributed by atoms with Crippen molar-refractivity contribution >= 4 is 17.3 Å². The fourth-order valence-corrected chi connectivity index (χ4v) is 1.30. The molecule has 0 spiro atoms. The van der Waals surface area contributed by atoms with E-state index in [1.165, 1.54) is 12.1 Å². The molecule has 0 saturated carbocycles. The lowest BCUT2D eigenvalue weighted by atomic mass is 10.1. The molecule has 0 bridgehead atoms. The monoisotopic (exact) mass is 255 g/mol. The molecule has 1 aromatic rings. The van der Waals surface area contributed by atoms with Gasteiger partial charge in [0.25, 0.3) is 0 Å². The van der Waals surface area contributed by atoms with Gasteiger partial charge in [-0.25, -0.2) is 10.8 Å². The molecule has 0 aliphatic rings. The van der Waals surface area contributed by atoms with Crippen molar-refractivity contribution in [3.8, 4) is 0 Å². The van der Waals surface area contributed by atoms with E-state index in [2.05, 4.69) is 15.7 Å². The second-order valence-electron chi connectivity index (χ2n) is 4.06. The zero-order chi connectivity index (χ0) is 13.7. The molecular weight excluding hydrogens is 238 g/mol. The minimum Gasteiger partial charge on any atom is -0.396 e. The van der Waals surface area contributed by atoms with Crippen molar-refractivity contribution in [2.24, 2.45) is 11.8 Å². The number of anilines is 2. The normalized spacial score (nSPS) is 13.8. The maximum Gasteiger partial charge on any atom is 0.311 e. The Bertz CT molecular complexity index is 426. The van der Waals surface area contributed by atoms with Gasteiger partial charge in [-0.1, -0.05) is 6.92 Å². The number of aliphatic hydroxyl groups is 1. The number of nitrogens with zero attached hydrogens (tertiary/aromatic N) is 2. The van der Waals surface area contributed by atoms with Crippen LogP contribution in [0.4, 0.5) is 17.3 Å². The fourth-order valence-electron chi connectivity index (χ4n) is 1.30. The number of pyridine rings is 1. The van der Waals surface area contributed by atoms with E-state index in [-0.39, 0.29) is 30.1 Å². The predicted octanol–water partition coefficient (Wildman–Crippen LogP) is 0.704. The number of nitrogens with two attached hydrogens (primary N) is 1. The third kappa shape index (κ3) is 3.28. The lowest BCUT2D eigenvalue weighted by Crippen LogP contribution is -2.27. The van der Waals surface area contributed by atoms with Gasteiger partial charge < -0.3 is 15.8 Å². The van der Waals surface area contributed by atoms with E-state index in [0.29, 0.717) is 5.82 Å². The molecule has 8 nitrogen and oxygen atoms in total. The lowest BCUT2D eigenvalue weighted by Gasteiger charge is -2.19. The molecular formula is C10H17N5O3. The Morgan fingerprint density at radius 3 is 2.72 bits per heavy atom. The van der Waals surface area contributed by atoms with Crippen molar-refractivity contribution in [1.29, 1.82) is 0 Å². The summed E-state index contributed by atoms with van der Waals surface area (Å²) in [6, 6.07) is 2.58. The van der Waals surface area contributed by atoms with Crippen LogP contribution in [-0.2, 0) is 0 Å². The maximum atomic E-state index is 10.9. The quantitative estimate of drug-likeness (QED) is 0.335. The maximum absolute atomic E-state index is 10.9. The van der Waals surface area contributed by atoms with Crippen LogP contribution in [0, 0.1) is 16.0 Å². The van der Waals surface area contributed by atoms with Crippen LogP contribution in [0.15, 0.2) is 12.1 Å². The van der Waals surface area contributed by atoms with Gasteiger partial charge in [0.15, 0.2) is 0 Å². The molecule has 0 radical (unpaired) electrons. The van der Waals surface area contributed by atoms with E-state index in [1.54, 1.807) is 0 Å². The third-order valence-corrected chi connectivity index (χ3v) is 2.72. The van der Waals surface area contributed by atoms with E-state index in [4.69, 9.17) is 10.9 Å². The van der Waals surface area contributed by atoms with Gasteiger partial charge in [-0.3, -0.25) is 10.1 Å². The van der Waals surface area contributed by atoms with E-state index < -0.39 is 4.92 Å². The van der Waals surface area contributed by atoms with Crippen LogP contribution in [0.5, 0.6) is 0 Å². The van der Waals surface area contributed by atoms with E-state index in [0.717, 1.165) is 0 Å². The lowest BCUT2D eigenvalue weighted by molar-refractivity contribution is -0.384. The van der Waals surface area contributed by atoms with Crippen LogP contribution in [0.2, 0.25) is 0 Å². The zero-order valence-corrected chi connectivity index (χ0v) is 10.3. The standard InChI is InChI=1S/C10H17N5O3/c1-6(5-16)7(2)12-10-8(15(17)18)3-4-9(13-10)14-11/h3-4,6-7,16H,5,11H2,1-2H3,(H2,12,13,14). The number of aliphatic hydroxyl groups excluding tert-OH is 1. The van der Waals surface area contributed by atoms with Gasteiger partial charge in [-0.2, -0.15) is 0 Å². The number of hydrogen-bond acceptors (Lipinski definition) is 7. The molecule has 0 aromatic carbocycles. The number of nitrogen functional groups attached to an aromatic ring is 1. The molecule has 0 aliphatic heterocycles. The largest absolute Gasteiger partial charge is 0.396 e. The Kier molecular flexibility index (Phi) is 4.81. The summed E-state index contributed by atoms with van der Waals surface area (Å²) >= 11 is 0. The molecule has 100 valence electrons. The average Bonchev–Trinajstić information content (AvgIpc) is 2.37. The Morgan fingerprint density at radius 2 is 2.22 bits per heavy atom. The molecule has 0 saturated heterocycles.